The normalized spacial score (nSPS) is 16.3. The number of hydrazine groups is 1. The molecule has 1 aromatic carbocycles. The monoisotopic (exact) mass is 612 g/mol. The van der Waals surface area contributed by atoms with Crippen molar-refractivity contribution in [3.63, 3.8) is 0 Å². The van der Waals surface area contributed by atoms with E-state index in [1.807, 2.05) is 13.8 Å². The first-order valence-corrected chi connectivity index (χ1v) is 14.3. The van der Waals surface area contributed by atoms with Gasteiger partial charge in [0.2, 0.25) is 0 Å². The molecule has 0 bridgehead atoms. The summed E-state index contributed by atoms with van der Waals surface area (Å²) in [6.45, 7) is 5.30. The van der Waals surface area contributed by atoms with Crippen molar-refractivity contribution >= 4 is 22.8 Å². The lowest BCUT2D eigenvalue weighted by atomic mass is 9.85. The van der Waals surface area contributed by atoms with E-state index in [4.69, 9.17) is 37.2 Å². The molecule has 0 spiro atoms. The van der Waals surface area contributed by atoms with Crippen molar-refractivity contribution in [3.8, 4) is 11.4 Å². The van der Waals surface area contributed by atoms with Crippen molar-refractivity contribution in [2.45, 2.75) is 59.3 Å². The Hall–Kier alpha value is -4.37. The van der Waals surface area contributed by atoms with Gasteiger partial charge in [-0.2, -0.15) is 0 Å². The van der Waals surface area contributed by atoms with Crippen LogP contribution in [0.2, 0.25) is 0 Å². The molecule has 2 aliphatic heterocycles. The number of nitrogens with zero attached hydrogens (tertiary/aromatic N) is 3. The second-order valence-corrected chi connectivity index (χ2v) is 10.3. The van der Waals surface area contributed by atoms with Gasteiger partial charge in [-0.25, -0.2) is 20.0 Å². The van der Waals surface area contributed by atoms with Gasteiger partial charge in [0.25, 0.3) is 11.5 Å². The van der Waals surface area contributed by atoms with Gasteiger partial charge in [-0.15, -0.1) is 0 Å². The molecule has 3 aromatic rings. The van der Waals surface area contributed by atoms with Gasteiger partial charge in [-0.1, -0.05) is 13.8 Å². The summed E-state index contributed by atoms with van der Waals surface area (Å²) >= 11 is 0. The number of esters is 1. The third-order valence-corrected chi connectivity index (χ3v) is 7.88. The Labute approximate surface area is 252 Å². The van der Waals surface area contributed by atoms with Crippen LogP contribution in [0.3, 0.4) is 0 Å². The van der Waals surface area contributed by atoms with Crippen molar-refractivity contribution in [1.82, 2.24) is 14.6 Å². The Morgan fingerprint density at radius 1 is 1.14 bits per heavy atom. The number of pyridine rings is 2. The number of hydrogen-bond acceptors (Lipinski definition) is 11. The Morgan fingerprint density at radius 2 is 1.82 bits per heavy atom. The molecular formula is C30H37FN6O7. The molecule has 1 atom stereocenters. The zero-order chi connectivity index (χ0) is 32.5. The summed E-state index contributed by atoms with van der Waals surface area (Å²) in [5.41, 5.74) is 15.8. The minimum absolute atomic E-state index is 0.0129. The van der Waals surface area contributed by atoms with Gasteiger partial charge in [0.05, 0.1) is 54.5 Å². The lowest BCUT2D eigenvalue weighted by Crippen LogP contribution is -2.41. The highest BCUT2D eigenvalue weighted by Gasteiger charge is 2.35. The predicted octanol–water partition coefficient (Wildman–Crippen LogP) is 0.280. The highest BCUT2D eigenvalue weighted by molar-refractivity contribution is 5.93. The third-order valence-electron chi connectivity index (χ3n) is 7.88. The number of hydrogen-bond donors (Lipinski definition) is 6. The quantitative estimate of drug-likeness (QED) is 0.0778. The number of aliphatic hydroxyl groups is 3. The fraction of sp³-hybridized carbons (Fsp3) is 0.400. The highest BCUT2D eigenvalue weighted by atomic mass is 19.1. The number of carbonyl (C=O) groups is 2. The molecule has 44 heavy (non-hydrogen) atoms. The van der Waals surface area contributed by atoms with Crippen LogP contribution in [0, 0.1) is 12.7 Å². The van der Waals surface area contributed by atoms with Crippen LogP contribution in [0.5, 0.6) is 0 Å². The molecule has 236 valence electrons. The molecule has 2 aromatic heterocycles. The average Bonchev–Trinajstić information content (AvgIpc) is 3.38. The number of amides is 1. The van der Waals surface area contributed by atoms with Crippen LogP contribution in [-0.2, 0) is 40.3 Å². The first-order chi connectivity index (χ1) is 21.0. The highest BCUT2D eigenvalue weighted by Crippen LogP contribution is 2.42. The van der Waals surface area contributed by atoms with E-state index in [1.165, 1.54) is 6.07 Å². The molecule has 1 aliphatic carbocycles. The first-order valence-electron chi connectivity index (χ1n) is 14.3. The van der Waals surface area contributed by atoms with E-state index in [-0.39, 0.29) is 48.1 Å². The van der Waals surface area contributed by atoms with Crippen LogP contribution in [-0.4, -0.2) is 61.5 Å². The molecule has 6 rings (SSSR count). The average molecular weight is 613 g/mol. The maximum absolute atomic E-state index is 14.5. The first kappa shape index (κ1) is 32.5. The van der Waals surface area contributed by atoms with Crippen LogP contribution in [0.25, 0.3) is 22.3 Å². The number of primary amides is 1. The molecule has 13 nitrogen and oxygen atoms in total. The summed E-state index contributed by atoms with van der Waals surface area (Å²) < 4.78 is 21.1. The Morgan fingerprint density at radius 3 is 2.45 bits per heavy atom. The number of nitrogens with two attached hydrogens (primary N) is 3. The Bertz CT molecular complexity index is 1740. The second-order valence-electron chi connectivity index (χ2n) is 10.3. The van der Waals surface area contributed by atoms with Crippen LogP contribution in [0.15, 0.2) is 28.3 Å². The second kappa shape index (κ2) is 13.1. The zero-order valence-electron chi connectivity index (χ0n) is 24.8. The molecule has 9 N–H and O–H groups in total. The topological polar surface area (TPSA) is 220 Å². The molecule has 0 saturated carbocycles. The number of aliphatic hydroxyl groups excluding tert-OH is 3. The number of cyclic esters (lactones) is 1. The maximum atomic E-state index is 14.5. The van der Waals surface area contributed by atoms with E-state index in [0.717, 1.165) is 46.3 Å². The summed E-state index contributed by atoms with van der Waals surface area (Å²) in [4.78, 5) is 40.4. The summed E-state index contributed by atoms with van der Waals surface area (Å²) in [6.07, 6.45) is 1.12. The van der Waals surface area contributed by atoms with Crippen molar-refractivity contribution in [3.05, 3.63) is 73.1 Å². The van der Waals surface area contributed by atoms with E-state index < -0.39 is 24.6 Å². The fourth-order valence-electron chi connectivity index (χ4n) is 5.84. The van der Waals surface area contributed by atoms with E-state index in [1.54, 1.807) is 17.6 Å². The van der Waals surface area contributed by atoms with E-state index in [9.17, 15) is 23.9 Å². The van der Waals surface area contributed by atoms with Gasteiger partial charge in [-0.3, -0.25) is 9.59 Å². The van der Waals surface area contributed by atoms with Gasteiger partial charge in [0.1, 0.15) is 18.1 Å². The Kier molecular flexibility index (Phi) is 9.69. The van der Waals surface area contributed by atoms with Gasteiger partial charge >= 0.3 is 5.97 Å². The maximum Gasteiger partial charge on any atom is 0.340 e. The number of aryl methyl sites for hydroxylation is 2. The van der Waals surface area contributed by atoms with Crippen molar-refractivity contribution in [2.24, 2.45) is 17.3 Å². The van der Waals surface area contributed by atoms with Crippen LogP contribution in [0.4, 0.5) is 4.39 Å². The summed E-state index contributed by atoms with van der Waals surface area (Å²) in [6, 6.07) is 3.13. The van der Waals surface area contributed by atoms with Crippen LogP contribution >= 0.6 is 0 Å². The van der Waals surface area contributed by atoms with Gasteiger partial charge in [-0.05, 0) is 48.9 Å². The van der Waals surface area contributed by atoms with Crippen LogP contribution in [0.1, 0.15) is 59.8 Å². The zero-order valence-corrected chi connectivity index (χ0v) is 24.8. The molecular weight excluding hydrogens is 575 g/mol. The molecule has 14 heteroatoms. The predicted molar refractivity (Wildman–Crippen MR) is 159 cm³/mol. The minimum atomic E-state index is -1.48. The SMILES string of the molecule is CC.Cc1c(F)cc2nc3c(c4c2c1CCC4)Cn1c-3cc2c(c1=O)COC(=O)C2O.NC(=O)/C(=C(/N)CO)N(N)CCO. The molecule has 4 heterocycles. The number of benzene rings is 1. The standard InChI is InChI=1S/C22H17FN2O4.C6H14N4O3.C2H6/c1-9-10-3-2-4-11-13-7-25-17(19(13)24-16(18(10)11)6-15(9)23)5-12-14(21(25)27)8-29-22(28)20(12)26;7-4(3-12)5(6(8)13)10(9)1-2-11;1-2/h5-6,20,26H,2-4,7-8H2,1H3;11-12H,1-3,7,9H2,(H2,8,13);1-2H3/b;5-4-;. The van der Waals surface area contributed by atoms with E-state index >= 15 is 0 Å². The number of fused-ring (bicyclic) bond motifs is 5. The van der Waals surface area contributed by atoms with Crippen molar-refractivity contribution in [2.75, 3.05) is 19.8 Å². The number of rotatable bonds is 5. The van der Waals surface area contributed by atoms with E-state index in [2.05, 4.69) is 0 Å². The van der Waals surface area contributed by atoms with Crippen LogP contribution < -0.4 is 22.9 Å². The molecule has 0 radical (unpaired) electrons. The van der Waals surface area contributed by atoms with Gasteiger partial charge < -0.3 is 41.1 Å². The number of carbonyl (C=O) groups excluding carboxylic acids is 2. The summed E-state index contributed by atoms with van der Waals surface area (Å²) in [5.74, 6) is 3.45. The van der Waals surface area contributed by atoms with Gasteiger partial charge in [0.15, 0.2) is 6.10 Å². The van der Waals surface area contributed by atoms with E-state index in [0.29, 0.717) is 34.6 Å². The minimum Gasteiger partial charge on any atom is -0.458 e. The molecule has 1 amide bonds. The molecule has 0 saturated heterocycles. The third kappa shape index (κ3) is 5.52. The largest absolute Gasteiger partial charge is 0.458 e. The smallest absolute Gasteiger partial charge is 0.340 e. The van der Waals surface area contributed by atoms with Crippen molar-refractivity contribution < 1.29 is 34.0 Å². The van der Waals surface area contributed by atoms with Gasteiger partial charge in [0, 0.05) is 22.6 Å². The molecule has 1 unspecified atom stereocenters. The lowest BCUT2D eigenvalue weighted by molar-refractivity contribution is -0.157. The fourth-order valence-corrected chi connectivity index (χ4v) is 5.84. The molecule has 3 aliphatic rings. The van der Waals surface area contributed by atoms with Crippen molar-refractivity contribution in [1.29, 1.82) is 0 Å². The number of aromatic nitrogens is 2. The Balaban J connectivity index is 0.000000252. The number of halogens is 1. The lowest BCUT2D eigenvalue weighted by Gasteiger charge is -2.22. The summed E-state index contributed by atoms with van der Waals surface area (Å²) in [7, 11) is 0. The number of ether oxygens (including phenoxy) is 1. The summed E-state index contributed by atoms with van der Waals surface area (Å²) in [5, 5.41) is 29.3. The molecule has 0 fully saturated rings.